The highest BCUT2D eigenvalue weighted by Crippen LogP contribution is 2.31. The van der Waals surface area contributed by atoms with E-state index in [2.05, 4.69) is 30.9 Å². The van der Waals surface area contributed by atoms with Crippen LogP contribution in [-0.4, -0.2) is 29.4 Å². The predicted octanol–water partition coefficient (Wildman–Crippen LogP) is 2.42. The molecule has 2 atom stereocenters. The molecule has 0 aromatic heterocycles. The standard InChI is InChI=1S/C10H19NOS.ClH/c1-10(2)7-12-9(11-10)8-5-3-4-6-13-8;/h8-9,11H,3-7H2,1-2H3;1H. The molecule has 2 aliphatic rings. The first-order valence-corrected chi connectivity index (χ1v) is 6.23. The van der Waals surface area contributed by atoms with E-state index < -0.39 is 0 Å². The number of rotatable bonds is 1. The van der Waals surface area contributed by atoms with Crippen LogP contribution in [0.1, 0.15) is 33.1 Å². The molecule has 0 aromatic rings. The van der Waals surface area contributed by atoms with E-state index >= 15 is 0 Å². The third-order valence-electron chi connectivity index (χ3n) is 2.71. The molecular formula is C10H20ClNOS. The minimum absolute atomic E-state index is 0. The molecule has 0 amide bonds. The molecule has 2 fully saturated rings. The molecule has 2 saturated heterocycles. The lowest BCUT2D eigenvalue weighted by Gasteiger charge is -2.27. The Kier molecular flexibility index (Phi) is 4.56. The summed E-state index contributed by atoms with van der Waals surface area (Å²) in [6, 6.07) is 0. The van der Waals surface area contributed by atoms with Crippen LogP contribution < -0.4 is 5.32 Å². The normalized spacial score (nSPS) is 36.4. The van der Waals surface area contributed by atoms with Gasteiger partial charge in [0.05, 0.1) is 6.61 Å². The summed E-state index contributed by atoms with van der Waals surface area (Å²) in [7, 11) is 0. The van der Waals surface area contributed by atoms with Gasteiger partial charge in [0.2, 0.25) is 0 Å². The van der Waals surface area contributed by atoms with Crippen LogP contribution in [0.15, 0.2) is 0 Å². The maximum Gasteiger partial charge on any atom is 0.120 e. The van der Waals surface area contributed by atoms with Gasteiger partial charge in [0.1, 0.15) is 6.23 Å². The van der Waals surface area contributed by atoms with Gasteiger partial charge in [-0.05, 0) is 32.4 Å². The van der Waals surface area contributed by atoms with Gasteiger partial charge in [0.25, 0.3) is 0 Å². The Labute approximate surface area is 97.0 Å². The van der Waals surface area contributed by atoms with Crippen molar-refractivity contribution in [2.75, 3.05) is 12.4 Å². The van der Waals surface area contributed by atoms with Gasteiger partial charge in [0, 0.05) is 10.8 Å². The van der Waals surface area contributed by atoms with Gasteiger partial charge >= 0.3 is 0 Å². The lowest BCUT2D eigenvalue weighted by Crippen LogP contribution is -2.43. The summed E-state index contributed by atoms with van der Waals surface area (Å²) in [5.74, 6) is 1.31. The molecule has 2 aliphatic heterocycles. The maximum atomic E-state index is 5.78. The molecule has 2 unspecified atom stereocenters. The second-order valence-corrected chi connectivity index (χ2v) is 6.01. The van der Waals surface area contributed by atoms with Crippen LogP contribution in [0.3, 0.4) is 0 Å². The van der Waals surface area contributed by atoms with E-state index in [1.54, 1.807) is 0 Å². The topological polar surface area (TPSA) is 21.3 Å². The third kappa shape index (κ3) is 3.02. The fourth-order valence-corrected chi connectivity index (χ4v) is 3.30. The largest absolute Gasteiger partial charge is 0.360 e. The average molecular weight is 238 g/mol. The summed E-state index contributed by atoms with van der Waals surface area (Å²) >= 11 is 2.07. The molecule has 14 heavy (non-hydrogen) atoms. The van der Waals surface area contributed by atoms with Crippen molar-refractivity contribution in [3.05, 3.63) is 0 Å². The Morgan fingerprint density at radius 2 is 2.14 bits per heavy atom. The van der Waals surface area contributed by atoms with Crippen molar-refractivity contribution >= 4 is 24.2 Å². The third-order valence-corrected chi connectivity index (χ3v) is 4.14. The van der Waals surface area contributed by atoms with Crippen molar-refractivity contribution in [2.24, 2.45) is 0 Å². The van der Waals surface area contributed by atoms with Crippen molar-refractivity contribution in [3.8, 4) is 0 Å². The Hall–Kier alpha value is 0.560. The van der Waals surface area contributed by atoms with Crippen molar-refractivity contribution in [2.45, 2.75) is 50.1 Å². The van der Waals surface area contributed by atoms with E-state index in [0.717, 1.165) is 6.61 Å². The maximum absolute atomic E-state index is 5.78. The molecular weight excluding hydrogens is 218 g/mol. The molecule has 84 valence electrons. The van der Waals surface area contributed by atoms with Crippen LogP contribution in [0, 0.1) is 0 Å². The van der Waals surface area contributed by atoms with Crippen LogP contribution in [0.25, 0.3) is 0 Å². The Morgan fingerprint density at radius 3 is 2.64 bits per heavy atom. The molecule has 2 heterocycles. The highest BCUT2D eigenvalue weighted by molar-refractivity contribution is 8.00. The van der Waals surface area contributed by atoms with Crippen molar-refractivity contribution in [1.29, 1.82) is 0 Å². The summed E-state index contributed by atoms with van der Waals surface area (Å²) < 4.78 is 5.78. The SMILES string of the molecule is CC1(C)COC(C2CCCCS2)N1.Cl. The number of hydrogen-bond acceptors (Lipinski definition) is 3. The summed E-state index contributed by atoms with van der Waals surface area (Å²) in [5, 5.41) is 4.25. The van der Waals surface area contributed by atoms with Crippen LogP contribution >= 0.6 is 24.2 Å². The quantitative estimate of drug-likeness (QED) is 0.757. The van der Waals surface area contributed by atoms with E-state index in [0.29, 0.717) is 11.5 Å². The highest BCUT2D eigenvalue weighted by atomic mass is 35.5. The summed E-state index contributed by atoms with van der Waals surface area (Å²) in [4.78, 5) is 0. The van der Waals surface area contributed by atoms with Crippen LogP contribution in [0.5, 0.6) is 0 Å². The lowest BCUT2D eigenvalue weighted by atomic mass is 10.1. The first kappa shape index (κ1) is 12.6. The zero-order valence-corrected chi connectivity index (χ0v) is 10.5. The minimum atomic E-state index is 0. The summed E-state index contributed by atoms with van der Waals surface area (Å²) in [5.41, 5.74) is 0.183. The molecule has 0 spiro atoms. The van der Waals surface area contributed by atoms with Crippen molar-refractivity contribution < 1.29 is 4.74 Å². The number of thioether (sulfide) groups is 1. The van der Waals surface area contributed by atoms with Gasteiger partial charge in [-0.1, -0.05) is 6.42 Å². The van der Waals surface area contributed by atoms with Gasteiger partial charge in [-0.25, -0.2) is 0 Å². The van der Waals surface area contributed by atoms with Gasteiger partial charge < -0.3 is 4.74 Å². The zero-order chi connectivity index (χ0) is 9.31. The summed E-state index contributed by atoms with van der Waals surface area (Å²) in [6.45, 7) is 5.27. The second-order valence-electron chi connectivity index (χ2n) is 4.66. The Balaban J connectivity index is 0.000000980. The molecule has 0 bridgehead atoms. The fourth-order valence-electron chi connectivity index (χ4n) is 1.97. The van der Waals surface area contributed by atoms with Crippen molar-refractivity contribution in [3.63, 3.8) is 0 Å². The van der Waals surface area contributed by atoms with E-state index in [1.165, 1.54) is 25.0 Å². The second kappa shape index (κ2) is 5.06. The number of nitrogens with one attached hydrogen (secondary N) is 1. The molecule has 4 heteroatoms. The molecule has 2 nitrogen and oxygen atoms in total. The first-order chi connectivity index (χ1) is 6.17. The highest BCUT2D eigenvalue weighted by Gasteiger charge is 2.36. The minimum Gasteiger partial charge on any atom is -0.360 e. The Bertz CT molecular complexity index is 183. The Morgan fingerprint density at radius 1 is 1.36 bits per heavy atom. The lowest BCUT2D eigenvalue weighted by molar-refractivity contribution is 0.0934. The van der Waals surface area contributed by atoms with E-state index in [-0.39, 0.29) is 17.9 Å². The van der Waals surface area contributed by atoms with Crippen molar-refractivity contribution in [1.82, 2.24) is 5.32 Å². The molecule has 1 N–H and O–H groups in total. The molecule has 0 aliphatic carbocycles. The van der Waals surface area contributed by atoms with Crippen LogP contribution in [-0.2, 0) is 4.74 Å². The molecule has 0 aromatic carbocycles. The van der Waals surface area contributed by atoms with Gasteiger partial charge in [-0.15, -0.1) is 12.4 Å². The summed E-state index contributed by atoms with van der Waals surface area (Å²) in [6.07, 6.45) is 4.38. The molecule has 2 rings (SSSR count). The monoisotopic (exact) mass is 237 g/mol. The number of hydrogen-bond donors (Lipinski definition) is 1. The smallest absolute Gasteiger partial charge is 0.120 e. The van der Waals surface area contributed by atoms with Crippen LogP contribution in [0.4, 0.5) is 0 Å². The van der Waals surface area contributed by atoms with E-state index in [4.69, 9.17) is 4.74 Å². The van der Waals surface area contributed by atoms with E-state index in [1.807, 2.05) is 0 Å². The first-order valence-electron chi connectivity index (χ1n) is 5.18. The fraction of sp³-hybridized carbons (Fsp3) is 1.00. The van der Waals surface area contributed by atoms with Crippen LogP contribution in [0.2, 0.25) is 0 Å². The van der Waals surface area contributed by atoms with Gasteiger partial charge in [-0.3, -0.25) is 5.32 Å². The number of ether oxygens (including phenoxy) is 1. The molecule has 0 saturated carbocycles. The van der Waals surface area contributed by atoms with Gasteiger partial charge in [0.15, 0.2) is 0 Å². The number of halogens is 1. The average Bonchev–Trinajstić information content (AvgIpc) is 2.48. The van der Waals surface area contributed by atoms with Gasteiger partial charge in [-0.2, -0.15) is 11.8 Å². The predicted molar refractivity (Wildman–Crippen MR) is 64.3 cm³/mol. The molecule has 0 radical (unpaired) electrons. The van der Waals surface area contributed by atoms with E-state index in [9.17, 15) is 0 Å². The zero-order valence-electron chi connectivity index (χ0n) is 8.91.